The Balaban J connectivity index is 1.64. The quantitative estimate of drug-likeness (QED) is 0.530. The number of pyridine rings is 1. The van der Waals surface area contributed by atoms with Crippen LogP contribution in [0.5, 0.6) is 5.75 Å². The van der Waals surface area contributed by atoms with Crippen LogP contribution in [0.4, 0.5) is 10.5 Å². The fourth-order valence-corrected chi connectivity index (χ4v) is 3.21. The van der Waals surface area contributed by atoms with Crippen molar-refractivity contribution in [2.45, 2.75) is 32.3 Å². The highest BCUT2D eigenvalue weighted by Crippen LogP contribution is 2.30. The molecule has 3 N–H and O–H groups in total. The van der Waals surface area contributed by atoms with Gasteiger partial charge < -0.3 is 20.5 Å². The Morgan fingerprint density at radius 2 is 1.71 bits per heavy atom. The number of ether oxygens (including phenoxy) is 1. The first-order valence-corrected chi connectivity index (χ1v) is 10.2. The average molecular weight is 420 g/mol. The van der Waals surface area contributed by atoms with Gasteiger partial charge >= 0.3 is 6.03 Å². The Labute approximate surface area is 183 Å². The molecule has 0 saturated carbocycles. The first-order valence-electron chi connectivity index (χ1n) is 10.2. The molecule has 2 amide bonds. The van der Waals surface area contributed by atoms with Crippen molar-refractivity contribution in [3.8, 4) is 16.9 Å². The third-order valence-corrected chi connectivity index (χ3v) is 5.08. The van der Waals surface area contributed by atoms with E-state index in [1.807, 2.05) is 48.5 Å². The summed E-state index contributed by atoms with van der Waals surface area (Å²) in [6.45, 7) is 6.51. The molecule has 162 valence electrons. The molecule has 0 fully saturated rings. The number of amides is 2. The number of hydrogen-bond acceptors (Lipinski definition) is 4. The lowest BCUT2D eigenvalue weighted by Gasteiger charge is -2.20. The Morgan fingerprint density at radius 1 is 1.03 bits per heavy atom. The van der Waals surface area contributed by atoms with E-state index in [2.05, 4.69) is 36.4 Å². The summed E-state index contributed by atoms with van der Waals surface area (Å²) < 4.78 is 5.37. The highest BCUT2D eigenvalue weighted by Gasteiger charge is 2.16. The van der Waals surface area contributed by atoms with Gasteiger partial charge in [-0.15, -0.1) is 0 Å². The van der Waals surface area contributed by atoms with Crippen LogP contribution in [-0.4, -0.2) is 29.8 Å². The van der Waals surface area contributed by atoms with Crippen molar-refractivity contribution < 1.29 is 14.6 Å². The second kappa shape index (κ2) is 9.62. The first kappa shape index (κ1) is 22.3. The van der Waals surface area contributed by atoms with Crippen LogP contribution in [-0.2, 0) is 5.41 Å². The van der Waals surface area contributed by atoms with Gasteiger partial charge in [-0.05, 0) is 51.9 Å². The van der Waals surface area contributed by atoms with Crippen LogP contribution in [0.1, 0.15) is 38.0 Å². The fraction of sp³-hybridized carbons (Fsp3) is 0.280. The minimum Gasteiger partial charge on any atom is -0.495 e. The van der Waals surface area contributed by atoms with Crippen molar-refractivity contribution in [3.63, 3.8) is 0 Å². The number of nitrogens with zero attached hydrogens (tertiary/aromatic N) is 1. The highest BCUT2D eigenvalue weighted by atomic mass is 16.5. The Kier molecular flexibility index (Phi) is 6.92. The normalized spacial score (nSPS) is 12.2. The minimum absolute atomic E-state index is 0.0471. The SMILES string of the molecule is COc1ccc(-c2ccncc2)cc1NC(=O)NCC(O)c1ccc(C(C)(C)C)cc1. The van der Waals surface area contributed by atoms with E-state index in [-0.39, 0.29) is 12.0 Å². The first-order chi connectivity index (χ1) is 14.8. The van der Waals surface area contributed by atoms with E-state index < -0.39 is 12.1 Å². The average Bonchev–Trinajstić information content (AvgIpc) is 2.77. The summed E-state index contributed by atoms with van der Waals surface area (Å²) in [5.74, 6) is 0.547. The number of carbonyl (C=O) groups is 1. The molecule has 0 radical (unpaired) electrons. The van der Waals surface area contributed by atoms with Gasteiger partial charge in [-0.25, -0.2) is 4.79 Å². The molecule has 1 atom stereocenters. The molecule has 1 unspecified atom stereocenters. The van der Waals surface area contributed by atoms with Crippen LogP contribution in [0.15, 0.2) is 67.0 Å². The predicted octanol–water partition coefficient (Wildman–Crippen LogP) is 4.91. The molecular weight excluding hydrogens is 390 g/mol. The molecule has 2 aromatic carbocycles. The maximum atomic E-state index is 12.5. The molecule has 0 aliphatic rings. The van der Waals surface area contributed by atoms with Gasteiger partial charge in [-0.1, -0.05) is 51.1 Å². The van der Waals surface area contributed by atoms with Crippen LogP contribution in [0, 0.1) is 0 Å². The molecule has 0 saturated heterocycles. The van der Waals surface area contributed by atoms with Gasteiger partial charge in [0.25, 0.3) is 0 Å². The van der Waals surface area contributed by atoms with E-state index in [9.17, 15) is 9.90 Å². The van der Waals surface area contributed by atoms with Crippen LogP contribution in [0.25, 0.3) is 11.1 Å². The summed E-state index contributed by atoms with van der Waals surface area (Å²) in [6, 6.07) is 16.7. The van der Waals surface area contributed by atoms with E-state index in [1.54, 1.807) is 25.6 Å². The Hall–Kier alpha value is -3.38. The van der Waals surface area contributed by atoms with Crippen molar-refractivity contribution in [1.82, 2.24) is 10.3 Å². The number of methoxy groups -OCH3 is 1. The number of hydrogen-bond donors (Lipinski definition) is 3. The molecule has 3 rings (SSSR count). The molecule has 1 aromatic heterocycles. The second-order valence-electron chi connectivity index (χ2n) is 8.37. The summed E-state index contributed by atoms with van der Waals surface area (Å²) in [7, 11) is 1.55. The molecule has 0 aliphatic heterocycles. The van der Waals surface area contributed by atoms with Gasteiger partial charge in [0, 0.05) is 18.9 Å². The monoisotopic (exact) mass is 419 g/mol. The van der Waals surface area contributed by atoms with E-state index in [1.165, 1.54) is 5.56 Å². The number of aromatic nitrogens is 1. The van der Waals surface area contributed by atoms with Crippen LogP contribution >= 0.6 is 0 Å². The number of benzene rings is 2. The minimum atomic E-state index is -0.801. The fourth-order valence-electron chi connectivity index (χ4n) is 3.21. The van der Waals surface area contributed by atoms with E-state index in [0.29, 0.717) is 11.4 Å². The lowest BCUT2D eigenvalue weighted by molar-refractivity contribution is 0.175. The highest BCUT2D eigenvalue weighted by molar-refractivity contribution is 5.92. The number of urea groups is 1. The number of carbonyl (C=O) groups excluding carboxylic acids is 1. The van der Waals surface area contributed by atoms with Crippen molar-refractivity contribution in [3.05, 3.63) is 78.1 Å². The van der Waals surface area contributed by atoms with Crippen molar-refractivity contribution in [2.24, 2.45) is 0 Å². The molecule has 3 aromatic rings. The lowest BCUT2D eigenvalue weighted by atomic mass is 9.86. The number of aliphatic hydroxyl groups is 1. The number of aliphatic hydroxyl groups excluding tert-OH is 1. The van der Waals surface area contributed by atoms with Crippen molar-refractivity contribution in [2.75, 3.05) is 19.0 Å². The summed E-state index contributed by atoms with van der Waals surface area (Å²) in [4.78, 5) is 16.5. The molecule has 0 spiro atoms. The largest absolute Gasteiger partial charge is 0.495 e. The topological polar surface area (TPSA) is 83.5 Å². The smallest absolute Gasteiger partial charge is 0.319 e. The van der Waals surface area contributed by atoms with Crippen molar-refractivity contribution >= 4 is 11.7 Å². The van der Waals surface area contributed by atoms with Gasteiger partial charge in [0.15, 0.2) is 0 Å². The third kappa shape index (κ3) is 5.83. The Bertz CT molecular complexity index is 1010. The third-order valence-electron chi connectivity index (χ3n) is 5.08. The molecule has 0 aliphatic carbocycles. The zero-order chi connectivity index (χ0) is 22.4. The zero-order valence-electron chi connectivity index (χ0n) is 18.3. The maximum absolute atomic E-state index is 12.5. The number of rotatable bonds is 6. The predicted molar refractivity (Wildman–Crippen MR) is 123 cm³/mol. The molecule has 6 heteroatoms. The van der Waals surface area contributed by atoms with Gasteiger partial charge in [0.2, 0.25) is 0 Å². The zero-order valence-corrected chi connectivity index (χ0v) is 18.3. The van der Waals surface area contributed by atoms with E-state index >= 15 is 0 Å². The maximum Gasteiger partial charge on any atom is 0.319 e. The van der Waals surface area contributed by atoms with Crippen LogP contribution in [0.3, 0.4) is 0 Å². The van der Waals surface area contributed by atoms with E-state index in [0.717, 1.165) is 16.7 Å². The number of nitrogens with one attached hydrogen (secondary N) is 2. The molecule has 31 heavy (non-hydrogen) atoms. The molecule has 6 nitrogen and oxygen atoms in total. The standard InChI is InChI=1S/C25H29N3O3/c1-25(2,3)20-8-5-18(6-9-20)22(29)16-27-24(30)28-21-15-19(7-10-23(21)31-4)17-11-13-26-14-12-17/h5-15,22,29H,16H2,1-4H3,(H2,27,28,30). The molecule has 1 heterocycles. The lowest BCUT2D eigenvalue weighted by Crippen LogP contribution is -2.32. The van der Waals surface area contributed by atoms with Crippen molar-refractivity contribution in [1.29, 1.82) is 0 Å². The number of anilines is 1. The molecule has 0 bridgehead atoms. The van der Waals surface area contributed by atoms with Gasteiger partial charge in [-0.2, -0.15) is 0 Å². The van der Waals surface area contributed by atoms with Crippen LogP contribution < -0.4 is 15.4 Å². The van der Waals surface area contributed by atoms with E-state index in [4.69, 9.17) is 4.74 Å². The molecular formula is C25H29N3O3. The summed E-state index contributed by atoms with van der Waals surface area (Å²) in [5.41, 5.74) is 4.44. The summed E-state index contributed by atoms with van der Waals surface area (Å²) in [6.07, 6.45) is 2.63. The summed E-state index contributed by atoms with van der Waals surface area (Å²) in [5, 5.41) is 16.0. The van der Waals surface area contributed by atoms with Crippen LogP contribution in [0.2, 0.25) is 0 Å². The van der Waals surface area contributed by atoms with Gasteiger partial charge in [0.1, 0.15) is 5.75 Å². The van der Waals surface area contributed by atoms with Gasteiger partial charge in [0.05, 0.1) is 18.9 Å². The Morgan fingerprint density at radius 3 is 2.32 bits per heavy atom. The van der Waals surface area contributed by atoms with Gasteiger partial charge in [-0.3, -0.25) is 4.98 Å². The summed E-state index contributed by atoms with van der Waals surface area (Å²) >= 11 is 0. The second-order valence-corrected chi connectivity index (χ2v) is 8.37.